The number of carbonyl (C=O) groups is 2. The third kappa shape index (κ3) is 5.55. The van der Waals surface area contributed by atoms with Gasteiger partial charge in [0.15, 0.2) is 0 Å². The fourth-order valence-electron chi connectivity index (χ4n) is 1.78. The van der Waals surface area contributed by atoms with Crippen LogP contribution in [-0.2, 0) is 20.7 Å². The summed E-state index contributed by atoms with van der Waals surface area (Å²) in [5, 5.41) is 5.50. The average molecular weight is 292 g/mol. The minimum Gasteiger partial charge on any atom is -0.383 e. The van der Waals surface area contributed by atoms with Crippen molar-refractivity contribution in [1.29, 1.82) is 0 Å². The van der Waals surface area contributed by atoms with E-state index in [2.05, 4.69) is 10.6 Å². The molecule has 0 aromatic heterocycles. The van der Waals surface area contributed by atoms with E-state index in [9.17, 15) is 9.59 Å². The zero-order valence-corrected chi connectivity index (χ0v) is 12.9. The molecule has 0 atom stereocenters. The predicted molar refractivity (Wildman–Crippen MR) is 81.8 cm³/mol. The fraction of sp³-hybridized carbons (Fsp3) is 0.500. The van der Waals surface area contributed by atoms with E-state index in [-0.39, 0.29) is 11.8 Å². The number of hydrogen-bond donors (Lipinski definition) is 2. The molecule has 2 amide bonds. The standard InChI is InChI=1S/C16H24N2O3/c1-16(2,15(20)18-11-12-21-3)14(19)17-10-9-13-7-5-4-6-8-13/h4-8H,9-12H2,1-3H3,(H,17,19)(H,18,20). The van der Waals surface area contributed by atoms with Crippen molar-refractivity contribution in [2.45, 2.75) is 20.3 Å². The quantitative estimate of drug-likeness (QED) is 0.557. The van der Waals surface area contributed by atoms with Crippen LogP contribution in [0, 0.1) is 5.41 Å². The Balaban J connectivity index is 2.40. The van der Waals surface area contributed by atoms with E-state index in [4.69, 9.17) is 4.74 Å². The summed E-state index contributed by atoms with van der Waals surface area (Å²) >= 11 is 0. The minimum atomic E-state index is -1.09. The van der Waals surface area contributed by atoms with Gasteiger partial charge < -0.3 is 15.4 Å². The average Bonchev–Trinajstić information content (AvgIpc) is 2.48. The van der Waals surface area contributed by atoms with Gasteiger partial charge in [-0.3, -0.25) is 9.59 Å². The molecule has 116 valence electrons. The Morgan fingerprint density at radius 3 is 2.19 bits per heavy atom. The van der Waals surface area contributed by atoms with Crippen molar-refractivity contribution in [3.05, 3.63) is 35.9 Å². The number of nitrogens with one attached hydrogen (secondary N) is 2. The molecule has 1 rings (SSSR count). The van der Waals surface area contributed by atoms with Crippen molar-refractivity contribution in [1.82, 2.24) is 10.6 Å². The molecule has 0 radical (unpaired) electrons. The van der Waals surface area contributed by atoms with Crippen LogP contribution in [0.4, 0.5) is 0 Å². The van der Waals surface area contributed by atoms with E-state index in [0.717, 1.165) is 12.0 Å². The first-order valence-corrected chi connectivity index (χ1v) is 7.08. The normalized spacial score (nSPS) is 11.0. The van der Waals surface area contributed by atoms with Crippen LogP contribution in [0.5, 0.6) is 0 Å². The lowest BCUT2D eigenvalue weighted by Gasteiger charge is -2.22. The highest BCUT2D eigenvalue weighted by Crippen LogP contribution is 2.15. The summed E-state index contributed by atoms with van der Waals surface area (Å²) in [6.07, 6.45) is 0.744. The topological polar surface area (TPSA) is 67.4 Å². The molecule has 0 aliphatic rings. The van der Waals surface area contributed by atoms with E-state index in [1.165, 1.54) is 0 Å². The molecule has 21 heavy (non-hydrogen) atoms. The Morgan fingerprint density at radius 1 is 1.05 bits per heavy atom. The van der Waals surface area contributed by atoms with Gasteiger partial charge in [-0.1, -0.05) is 30.3 Å². The molecule has 0 spiro atoms. The molecule has 5 heteroatoms. The van der Waals surface area contributed by atoms with E-state index < -0.39 is 5.41 Å². The molecule has 0 fully saturated rings. The number of methoxy groups -OCH3 is 1. The van der Waals surface area contributed by atoms with Gasteiger partial charge in [0.05, 0.1) is 6.61 Å². The molecule has 0 saturated carbocycles. The van der Waals surface area contributed by atoms with Gasteiger partial charge in [-0.15, -0.1) is 0 Å². The molecule has 0 saturated heterocycles. The summed E-state index contributed by atoms with van der Waals surface area (Å²) in [4.78, 5) is 24.1. The fourth-order valence-corrected chi connectivity index (χ4v) is 1.78. The van der Waals surface area contributed by atoms with Gasteiger partial charge in [0.2, 0.25) is 11.8 Å². The zero-order chi connectivity index (χ0) is 15.7. The third-order valence-corrected chi connectivity index (χ3v) is 3.27. The lowest BCUT2D eigenvalue weighted by atomic mass is 9.91. The molecule has 1 aromatic carbocycles. The van der Waals surface area contributed by atoms with Crippen LogP contribution in [0.2, 0.25) is 0 Å². The van der Waals surface area contributed by atoms with Crippen molar-refractivity contribution in [3.8, 4) is 0 Å². The smallest absolute Gasteiger partial charge is 0.235 e. The van der Waals surface area contributed by atoms with Gasteiger partial charge in [0.25, 0.3) is 0 Å². The summed E-state index contributed by atoms with van der Waals surface area (Å²) in [6, 6.07) is 9.90. The monoisotopic (exact) mass is 292 g/mol. The first-order valence-electron chi connectivity index (χ1n) is 7.08. The third-order valence-electron chi connectivity index (χ3n) is 3.27. The van der Waals surface area contributed by atoms with Crippen molar-refractivity contribution in [2.24, 2.45) is 5.41 Å². The Labute approximate surface area is 126 Å². The minimum absolute atomic E-state index is 0.270. The maximum Gasteiger partial charge on any atom is 0.235 e. The zero-order valence-electron chi connectivity index (χ0n) is 12.9. The molecule has 0 bridgehead atoms. The van der Waals surface area contributed by atoms with Crippen LogP contribution in [0.15, 0.2) is 30.3 Å². The molecule has 0 aliphatic heterocycles. The van der Waals surface area contributed by atoms with E-state index in [1.807, 2.05) is 30.3 Å². The van der Waals surface area contributed by atoms with Crippen LogP contribution < -0.4 is 10.6 Å². The Bertz CT molecular complexity index is 458. The van der Waals surface area contributed by atoms with Crippen LogP contribution in [0.1, 0.15) is 19.4 Å². The van der Waals surface area contributed by atoms with Gasteiger partial charge in [0.1, 0.15) is 5.41 Å². The van der Waals surface area contributed by atoms with Crippen LogP contribution in [0.25, 0.3) is 0 Å². The highest BCUT2D eigenvalue weighted by molar-refractivity contribution is 6.04. The molecule has 0 aliphatic carbocycles. The molecular formula is C16H24N2O3. The van der Waals surface area contributed by atoms with Gasteiger partial charge in [-0.2, -0.15) is 0 Å². The summed E-state index contributed by atoms with van der Waals surface area (Å²) in [5.74, 6) is -0.565. The largest absolute Gasteiger partial charge is 0.383 e. The summed E-state index contributed by atoms with van der Waals surface area (Å²) < 4.78 is 4.86. The molecule has 1 aromatic rings. The lowest BCUT2D eigenvalue weighted by Crippen LogP contribution is -2.48. The molecule has 0 unspecified atom stereocenters. The Hall–Kier alpha value is -1.88. The van der Waals surface area contributed by atoms with E-state index >= 15 is 0 Å². The molecule has 2 N–H and O–H groups in total. The molecular weight excluding hydrogens is 268 g/mol. The van der Waals surface area contributed by atoms with E-state index in [1.54, 1.807) is 21.0 Å². The van der Waals surface area contributed by atoms with Crippen molar-refractivity contribution < 1.29 is 14.3 Å². The second-order valence-corrected chi connectivity index (χ2v) is 5.37. The predicted octanol–water partition coefficient (Wildman–Crippen LogP) is 1.13. The van der Waals surface area contributed by atoms with Crippen molar-refractivity contribution in [3.63, 3.8) is 0 Å². The van der Waals surface area contributed by atoms with Gasteiger partial charge in [-0.05, 0) is 25.8 Å². The number of carbonyl (C=O) groups excluding carboxylic acids is 2. The first kappa shape index (κ1) is 17.2. The summed E-state index contributed by atoms with van der Waals surface area (Å²) in [6.45, 7) is 4.57. The van der Waals surface area contributed by atoms with Crippen LogP contribution in [-0.4, -0.2) is 38.6 Å². The number of amides is 2. The lowest BCUT2D eigenvalue weighted by molar-refractivity contribution is -0.141. The number of benzene rings is 1. The molecule has 0 heterocycles. The first-order chi connectivity index (χ1) is 9.98. The van der Waals surface area contributed by atoms with Gasteiger partial charge >= 0.3 is 0 Å². The second-order valence-electron chi connectivity index (χ2n) is 5.37. The Kier molecular flexibility index (Phi) is 6.88. The van der Waals surface area contributed by atoms with Crippen LogP contribution >= 0.6 is 0 Å². The Morgan fingerprint density at radius 2 is 1.62 bits per heavy atom. The summed E-state index contributed by atoms with van der Waals surface area (Å²) in [7, 11) is 1.56. The van der Waals surface area contributed by atoms with E-state index in [0.29, 0.717) is 19.7 Å². The highest BCUT2D eigenvalue weighted by Gasteiger charge is 2.35. The number of ether oxygens (including phenoxy) is 1. The van der Waals surface area contributed by atoms with Gasteiger partial charge in [0, 0.05) is 20.2 Å². The SMILES string of the molecule is COCCNC(=O)C(C)(C)C(=O)NCCc1ccccc1. The van der Waals surface area contributed by atoms with Crippen molar-refractivity contribution >= 4 is 11.8 Å². The van der Waals surface area contributed by atoms with Crippen LogP contribution in [0.3, 0.4) is 0 Å². The maximum absolute atomic E-state index is 12.1. The number of rotatable bonds is 8. The maximum atomic E-state index is 12.1. The second kappa shape index (κ2) is 8.42. The van der Waals surface area contributed by atoms with Gasteiger partial charge in [-0.25, -0.2) is 0 Å². The highest BCUT2D eigenvalue weighted by atomic mass is 16.5. The summed E-state index contributed by atoms with van der Waals surface area (Å²) in [5.41, 5.74) is 0.0601. The number of hydrogen-bond acceptors (Lipinski definition) is 3. The van der Waals surface area contributed by atoms with Crippen molar-refractivity contribution in [2.75, 3.05) is 26.8 Å². The molecule has 5 nitrogen and oxygen atoms in total.